The van der Waals surface area contributed by atoms with Gasteiger partial charge in [0.2, 0.25) is 5.91 Å². The minimum absolute atomic E-state index is 0.248. The zero-order chi connectivity index (χ0) is 23.8. The number of nitrogens with zero attached hydrogens (tertiary/aromatic N) is 3. The summed E-state index contributed by atoms with van der Waals surface area (Å²) in [6.45, 7) is 4.41. The van der Waals surface area contributed by atoms with E-state index >= 15 is 0 Å². The lowest BCUT2D eigenvalue weighted by atomic mass is 10.0. The van der Waals surface area contributed by atoms with E-state index in [1.807, 2.05) is 30.5 Å². The van der Waals surface area contributed by atoms with E-state index < -0.39 is 12.1 Å². The average Bonchev–Trinajstić information content (AvgIpc) is 3.29. The number of H-pyrrole nitrogens is 1. The van der Waals surface area contributed by atoms with E-state index in [9.17, 15) is 9.18 Å². The number of carbonyl (C=O) groups is 1. The minimum atomic E-state index is -1.10. The number of ether oxygens (including phenoxy) is 2. The second-order valence-electron chi connectivity index (χ2n) is 9.06. The lowest BCUT2D eigenvalue weighted by molar-refractivity contribution is -0.118. The van der Waals surface area contributed by atoms with E-state index in [2.05, 4.69) is 32.1 Å². The molecule has 0 radical (unpaired) electrons. The second-order valence-corrected chi connectivity index (χ2v) is 9.06. The van der Waals surface area contributed by atoms with E-state index in [1.54, 1.807) is 20.3 Å². The molecule has 0 bridgehead atoms. The van der Waals surface area contributed by atoms with E-state index in [1.165, 1.54) is 0 Å². The monoisotopic (exact) mass is 467 g/mol. The molecule has 0 unspecified atom stereocenters. The largest absolute Gasteiger partial charge is 0.496 e. The van der Waals surface area contributed by atoms with Gasteiger partial charge in [-0.25, -0.2) is 9.37 Å². The number of amides is 1. The van der Waals surface area contributed by atoms with E-state index in [0.717, 1.165) is 42.7 Å². The molecule has 0 spiro atoms. The molecule has 5 rings (SSSR count). The zero-order valence-electron chi connectivity index (χ0n) is 19.7. The lowest BCUT2D eigenvalue weighted by Crippen LogP contribution is -2.45. The first-order valence-corrected chi connectivity index (χ1v) is 11.6. The van der Waals surface area contributed by atoms with Crippen LogP contribution in [0.4, 0.5) is 10.2 Å². The Bertz CT molecular complexity index is 1170. The fourth-order valence-corrected chi connectivity index (χ4v) is 4.82. The third-order valence-electron chi connectivity index (χ3n) is 6.93. The number of benzene rings is 1. The Morgan fingerprint density at radius 1 is 1.15 bits per heavy atom. The van der Waals surface area contributed by atoms with Crippen LogP contribution >= 0.6 is 0 Å². The molecule has 34 heavy (non-hydrogen) atoms. The molecule has 2 N–H and O–H groups in total. The molecule has 3 atom stereocenters. The van der Waals surface area contributed by atoms with Crippen molar-refractivity contribution in [2.24, 2.45) is 11.8 Å². The van der Waals surface area contributed by atoms with Gasteiger partial charge in [0, 0.05) is 55.8 Å². The number of hydrogen-bond acceptors (Lipinski definition) is 6. The quantitative estimate of drug-likeness (QED) is 0.556. The number of carbonyl (C=O) groups excluding carboxylic acids is 1. The van der Waals surface area contributed by atoms with Crippen LogP contribution in [-0.4, -0.2) is 85.8 Å². The molecule has 1 aromatic carbocycles. The number of aromatic amines is 1. The third kappa shape index (κ3) is 4.21. The standard InChI is InChI=1S/C25H30FN5O3/c1-30-9-11-31(12-10-30)14-17-22(23(17)26)25(32)29-20-8-7-15-16(13-27-24(15)28-20)21-18(33-2)5-4-6-19(21)34-3/h4-8,13,17,22-23H,9-12,14H2,1-3H3,(H2,27,28,29,32)/t17-,22-,23-/m0/s1. The number of piperazine rings is 1. The van der Waals surface area contributed by atoms with Crippen molar-refractivity contribution >= 4 is 22.8 Å². The van der Waals surface area contributed by atoms with E-state index in [-0.39, 0.29) is 11.8 Å². The average molecular weight is 468 g/mol. The number of methoxy groups -OCH3 is 2. The number of halogens is 1. The van der Waals surface area contributed by atoms with Crippen LogP contribution in [-0.2, 0) is 4.79 Å². The lowest BCUT2D eigenvalue weighted by Gasteiger charge is -2.32. The molecule has 1 saturated heterocycles. The molecule has 180 valence electrons. The summed E-state index contributed by atoms with van der Waals surface area (Å²) in [4.78, 5) is 25.0. The van der Waals surface area contributed by atoms with Crippen molar-refractivity contribution in [1.82, 2.24) is 19.8 Å². The van der Waals surface area contributed by atoms with Gasteiger partial charge in [-0.2, -0.15) is 0 Å². The highest BCUT2D eigenvalue weighted by molar-refractivity contribution is 5.99. The Morgan fingerprint density at radius 3 is 2.53 bits per heavy atom. The summed E-state index contributed by atoms with van der Waals surface area (Å²) in [5, 5.41) is 3.67. The summed E-state index contributed by atoms with van der Waals surface area (Å²) in [5.74, 6) is 0.599. The van der Waals surface area contributed by atoms with Gasteiger partial charge in [-0.3, -0.25) is 4.79 Å². The van der Waals surface area contributed by atoms with Crippen LogP contribution < -0.4 is 14.8 Å². The van der Waals surface area contributed by atoms with Crippen LogP contribution in [0.25, 0.3) is 22.2 Å². The topological polar surface area (TPSA) is 82.7 Å². The Morgan fingerprint density at radius 2 is 1.85 bits per heavy atom. The van der Waals surface area contributed by atoms with Crippen molar-refractivity contribution < 1.29 is 18.7 Å². The van der Waals surface area contributed by atoms with Gasteiger partial charge in [0.25, 0.3) is 0 Å². The summed E-state index contributed by atoms with van der Waals surface area (Å²) in [7, 11) is 5.32. The van der Waals surface area contributed by atoms with Gasteiger partial charge >= 0.3 is 0 Å². The van der Waals surface area contributed by atoms with Gasteiger partial charge in [-0.05, 0) is 31.3 Å². The van der Waals surface area contributed by atoms with Crippen molar-refractivity contribution in [2.45, 2.75) is 6.17 Å². The van der Waals surface area contributed by atoms with Crippen molar-refractivity contribution in [3.63, 3.8) is 0 Å². The van der Waals surface area contributed by atoms with Crippen LogP contribution in [0.2, 0.25) is 0 Å². The number of alkyl halides is 1. The first-order chi connectivity index (χ1) is 16.5. The fraction of sp³-hybridized carbons (Fsp3) is 0.440. The Balaban J connectivity index is 1.30. The molecule has 8 nitrogen and oxygen atoms in total. The molecule has 1 aliphatic heterocycles. The normalized spacial score (nSPS) is 23.1. The number of likely N-dealkylation sites (N-methyl/N-ethyl adjacent to an activating group) is 1. The highest BCUT2D eigenvalue weighted by Gasteiger charge is 2.56. The van der Waals surface area contributed by atoms with Gasteiger partial charge in [-0.15, -0.1) is 0 Å². The number of hydrogen-bond donors (Lipinski definition) is 2. The van der Waals surface area contributed by atoms with Crippen LogP contribution in [0.15, 0.2) is 36.5 Å². The smallest absolute Gasteiger partial charge is 0.232 e. The number of aromatic nitrogens is 2. The molecule has 3 heterocycles. The van der Waals surface area contributed by atoms with Gasteiger partial charge < -0.3 is 29.6 Å². The number of nitrogens with one attached hydrogen (secondary N) is 2. The third-order valence-corrected chi connectivity index (χ3v) is 6.93. The summed E-state index contributed by atoms with van der Waals surface area (Å²) >= 11 is 0. The van der Waals surface area contributed by atoms with Crippen LogP contribution in [0.5, 0.6) is 11.5 Å². The van der Waals surface area contributed by atoms with Crippen molar-refractivity contribution in [3.05, 3.63) is 36.5 Å². The van der Waals surface area contributed by atoms with E-state index in [0.29, 0.717) is 29.5 Å². The molecule has 2 fully saturated rings. The SMILES string of the molecule is COc1cccc(OC)c1-c1c[nH]c2nc(NC(=O)[C@@H]3[C@@H](F)[C@H]3CN3CCN(C)CC3)ccc12. The molecule has 2 aromatic heterocycles. The molecule has 1 amide bonds. The van der Waals surface area contributed by atoms with Gasteiger partial charge in [0.1, 0.15) is 29.1 Å². The first kappa shape index (κ1) is 22.6. The summed E-state index contributed by atoms with van der Waals surface area (Å²) in [6, 6.07) is 9.25. The van der Waals surface area contributed by atoms with Crippen LogP contribution in [0.3, 0.4) is 0 Å². The fourth-order valence-electron chi connectivity index (χ4n) is 4.82. The molecule has 1 saturated carbocycles. The van der Waals surface area contributed by atoms with Gasteiger partial charge in [0.15, 0.2) is 0 Å². The summed E-state index contributed by atoms with van der Waals surface area (Å²) in [6.07, 6.45) is 0.743. The zero-order valence-corrected chi connectivity index (χ0v) is 19.7. The van der Waals surface area contributed by atoms with Crippen LogP contribution in [0.1, 0.15) is 0 Å². The molecule has 9 heteroatoms. The summed E-state index contributed by atoms with van der Waals surface area (Å²) < 4.78 is 25.5. The van der Waals surface area contributed by atoms with Crippen molar-refractivity contribution in [3.8, 4) is 22.6 Å². The number of rotatable bonds is 7. The maximum absolute atomic E-state index is 14.5. The predicted octanol–water partition coefficient (Wildman–Crippen LogP) is 3.02. The number of fused-ring (bicyclic) bond motifs is 1. The van der Waals surface area contributed by atoms with Crippen molar-refractivity contribution in [1.29, 1.82) is 0 Å². The second kappa shape index (κ2) is 9.23. The Hall–Kier alpha value is -3.17. The molecule has 1 aliphatic carbocycles. The Kier molecular flexibility index (Phi) is 6.14. The van der Waals surface area contributed by atoms with Gasteiger partial charge in [0.05, 0.1) is 25.7 Å². The van der Waals surface area contributed by atoms with Gasteiger partial charge in [-0.1, -0.05) is 6.07 Å². The molecular formula is C25H30FN5O3. The predicted molar refractivity (Wildman–Crippen MR) is 129 cm³/mol. The molecule has 2 aliphatic rings. The highest BCUT2D eigenvalue weighted by atomic mass is 19.1. The summed E-state index contributed by atoms with van der Waals surface area (Å²) in [5.41, 5.74) is 2.32. The maximum atomic E-state index is 14.5. The van der Waals surface area contributed by atoms with Crippen molar-refractivity contribution in [2.75, 3.05) is 59.3 Å². The number of anilines is 1. The molecule has 3 aromatic rings. The van der Waals surface area contributed by atoms with E-state index in [4.69, 9.17) is 9.47 Å². The first-order valence-electron chi connectivity index (χ1n) is 11.6. The Labute approximate surface area is 198 Å². The number of pyridine rings is 1. The maximum Gasteiger partial charge on any atom is 0.232 e. The minimum Gasteiger partial charge on any atom is -0.496 e. The molecular weight excluding hydrogens is 437 g/mol. The highest BCUT2D eigenvalue weighted by Crippen LogP contribution is 2.44. The van der Waals surface area contributed by atoms with Crippen LogP contribution in [0, 0.1) is 11.8 Å².